The van der Waals surface area contributed by atoms with Crippen LogP contribution in [0.4, 0.5) is 0 Å². The van der Waals surface area contributed by atoms with E-state index in [1.165, 1.54) is 13.0 Å². The van der Waals surface area contributed by atoms with Crippen molar-refractivity contribution in [3.8, 4) is 0 Å². The molecule has 4 atom stereocenters. The molecule has 10 heteroatoms. The molecule has 1 aromatic heterocycles. The Morgan fingerprint density at radius 1 is 1.07 bits per heavy atom. The molecule has 3 aromatic rings. The van der Waals surface area contributed by atoms with Crippen LogP contribution in [0.2, 0.25) is 0 Å². The molecule has 1 aliphatic heterocycles. The number of amides is 3. The van der Waals surface area contributed by atoms with E-state index in [1.54, 1.807) is 4.90 Å². The van der Waals surface area contributed by atoms with Crippen LogP contribution >= 0.6 is 0 Å². The van der Waals surface area contributed by atoms with Crippen LogP contribution in [0.5, 0.6) is 0 Å². The summed E-state index contributed by atoms with van der Waals surface area (Å²) in [6, 6.07) is 18.0. The van der Waals surface area contributed by atoms with Crippen molar-refractivity contribution in [2.75, 3.05) is 0 Å². The Kier molecular flexibility index (Phi) is 10.0. The highest BCUT2D eigenvalue weighted by molar-refractivity contribution is 5.95. The highest BCUT2D eigenvalue weighted by atomic mass is 16.5. The molecule has 41 heavy (non-hydrogen) atoms. The molecule has 0 saturated carbocycles. The van der Waals surface area contributed by atoms with Crippen molar-refractivity contribution in [2.45, 2.75) is 76.7 Å². The fraction of sp³-hybridized carbons (Fsp3) is 0.387. The molecule has 4 rings (SSSR count). The maximum absolute atomic E-state index is 13.5. The maximum Gasteiger partial charge on any atom is 0.246 e. The molecule has 2 aromatic carbocycles. The van der Waals surface area contributed by atoms with Gasteiger partial charge in [-0.2, -0.15) is 0 Å². The maximum atomic E-state index is 13.5. The molecule has 0 spiro atoms. The number of aryl methyl sites for hydroxylation is 1. The number of aromatic nitrogens is 1. The largest absolute Gasteiger partial charge is 0.388 e. The van der Waals surface area contributed by atoms with Gasteiger partial charge < -0.3 is 25.2 Å². The van der Waals surface area contributed by atoms with Crippen LogP contribution in [-0.2, 0) is 45.0 Å². The zero-order valence-corrected chi connectivity index (χ0v) is 23.3. The van der Waals surface area contributed by atoms with Gasteiger partial charge in [-0.15, -0.1) is 0 Å². The van der Waals surface area contributed by atoms with E-state index in [4.69, 9.17) is 4.52 Å². The van der Waals surface area contributed by atoms with Crippen molar-refractivity contribution in [1.82, 2.24) is 20.7 Å². The quantitative estimate of drug-likeness (QED) is 0.291. The lowest BCUT2D eigenvalue weighted by atomic mass is 10.0. The van der Waals surface area contributed by atoms with Crippen molar-refractivity contribution < 1.29 is 28.8 Å². The fourth-order valence-electron chi connectivity index (χ4n) is 5.23. The standard InChI is InChI=1S/C31H36N4O6/c1-20-15-27(31(40)35(20)28(21(2)37)16-23-11-7-4-8-12-23)33-30(39)26(14-13-22-9-5-3-6-10-22)32-29(38)18-24-17-25(19-36)41-34-24/h3-12,17,20,26-28,36H,13-16,18-19H2,1-2H3,(H,32,38)(H,33,39)/t20?,26-,27-,28-/m0/s1. The molecule has 1 aliphatic rings. The van der Waals surface area contributed by atoms with E-state index in [0.717, 1.165) is 11.1 Å². The van der Waals surface area contributed by atoms with Crippen LogP contribution in [0.15, 0.2) is 71.3 Å². The summed E-state index contributed by atoms with van der Waals surface area (Å²) >= 11 is 0. The number of hydrogen-bond donors (Lipinski definition) is 3. The number of rotatable bonds is 13. The Morgan fingerprint density at radius 3 is 2.34 bits per heavy atom. The second kappa shape index (κ2) is 13.8. The number of nitrogens with zero attached hydrogens (tertiary/aromatic N) is 2. The number of likely N-dealkylation sites (tertiary alicyclic amines) is 1. The first kappa shape index (κ1) is 29.7. The fourth-order valence-corrected chi connectivity index (χ4v) is 5.23. The molecule has 3 amide bonds. The lowest BCUT2D eigenvalue weighted by Crippen LogP contribution is -2.53. The van der Waals surface area contributed by atoms with Crippen LogP contribution < -0.4 is 10.6 Å². The number of Topliss-reactive ketones (excluding diaryl/α,β-unsaturated/α-hetero) is 1. The number of benzene rings is 2. The third kappa shape index (κ3) is 7.88. The van der Waals surface area contributed by atoms with Gasteiger partial charge in [0.1, 0.15) is 18.7 Å². The summed E-state index contributed by atoms with van der Waals surface area (Å²) < 4.78 is 4.94. The van der Waals surface area contributed by atoms with Gasteiger partial charge in [-0.05, 0) is 50.7 Å². The monoisotopic (exact) mass is 560 g/mol. The van der Waals surface area contributed by atoms with Gasteiger partial charge in [0.15, 0.2) is 11.5 Å². The Labute approximate surface area is 239 Å². The van der Waals surface area contributed by atoms with E-state index in [2.05, 4.69) is 15.8 Å². The Balaban J connectivity index is 1.45. The van der Waals surface area contributed by atoms with Gasteiger partial charge in [0.05, 0.1) is 18.2 Å². The molecular formula is C31H36N4O6. The lowest BCUT2D eigenvalue weighted by molar-refractivity contribution is -0.139. The van der Waals surface area contributed by atoms with E-state index in [1.807, 2.05) is 67.6 Å². The highest BCUT2D eigenvalue weighted by Gasteiger charge is 2.43. The number of hydrogen-bond acceptors (Lipinski definition) is 7. The number of nitrogens with one attached hydrogen (secondary N) is 2. The third-order valence-electron chi connectivity index (χ3n) is 7.32. The zero-order chi connectivity index (χ0) is 29.4. The van der Waals surface area contributed by atoms with Gasteiger partial charge in [-0.1, -0.05) is 65.8 Å². The molecule has 1 unspecified atom stereocenters. The zero-order valence-electron chi connectivity index (χ0n) is 23.3. The van der Waals surface area contributed by atoms with Crippen LogP contribution in [0.3, 0.4) is 0 Å². The number of aliphatic hydroxyl groups is 1. The average molecular weight is 561 g/mol. The van der Waals surface area contributed by atoms with Crippen LogP contribution in [0, 0.1) is 0 Å². The third-order valence-corrected chi connectivity index (χ3v) is 7.32. The molecule has 1 fully saturated rings. The minimum absolute atomic E-state index is 0.119. The number of aliphatic hydroxyl groups excluding tert-OH is 1. The van der Waals surface area contributed by atoms with E-state index in [9.17, 15) is 24.3 Å². The Morgan fingerprint density at radius 2 is 1.73 bits per heavy atom. The molecule has 216 valence electrons. The predicted molar refractivity (Wildman–Crippen MR) is 150 cm³/mol. The minimum Gasteiger partial charge on any atom is -0.388 e. The minimum atomic E-state index is -0.906. The lowest BCUT2D eigenvalue weighted by Gasteiger charge is -2.30. The summed E-state index contributed by atoms with van der Waals surface area (Å²) in [5.74, 6) is -1.11. The number of carbonyl (C=O) groups is 4. The van der Waals surface area contributed by atoms with Crippen molar-refractivity contribution in [1.29, 1.82) is 0 Å². The van der Waals surface area contributed by atoms with Crippen LogP contribution in [0.25, 0.3) is 0 Å². The molecule has 0 aliphatic carbocycles. The molecule has 0 radical (unpaired) electrons. The summed E-state index contributed by atoms with van der Waals surface area (Å²) in [4.78, 5) is 54.0. The van der Waals surface area contributed by atoms with Gasteiger partial charge in [0.2, 0.25) is 17.7 Å². The number of carbonyl (C=O) groups excluding carboxylic acids is 4. The van der Waals surface area contributed by atoms with Gasteiger partial charge in [-0.3, -0.25) is 19.2 Å². The number of ketones is 1. The van der Waals surface area contributed by atoms with Gasteiger partial charge in [-0.25, -0.2) is 0 Å². The molecule has 1 saturated heterocycles. The summed E-state index contributed by atoms with van der Waals surface area (Å²) in [7, 11) is 0. The second-order valence-corrected chi connectivity index (χ2v) is 10.5. The smallest absolute Gasteiger partial charge is 0.246 e. The molecular weight excluding hydrogens is 524 g/mol. The average Bonchev–Trinajstić information content (AvgIpc) is 3.53. The first-order chi connectivity index (χ1) is 19.7. The molecule has 3 N–H and O–H groups in total. The van der Waals surface area contributed by atoms with Crippen LogP contribution in [-0.4, -0.2) is 62.8 Å². The van der Waals surface area contributed by atoms with Crippen molar-refractivity contribution in [3.63, 3.8) is 0 Å². The SMILES string of the molecule is CC(=O)[C@H](Cc1ccccc1)N1C(=O)[C@@H](NC(=O)[C@H](CCc2ccccc2)NC(=O)Cc2cc(CO)on2)CC1C. The van der Waals surface area contributed by atoms with Gasteiger partial charge in [0, 0.05) is 12.1 Å². The topological polar surface area (TPSA) is 142 Å². The normalized spacial score (nSPS) is 18.1. The van der Waals surface area contributed by atoms with Gasteiger partial charge >= 0.3 is 0 Å². The van der Waals surface area contributed by atoms with Crippen molar-refractivity contribution in [3.05, 3.63) is 89.3 Å². The van der Waals surface area contributed by atoms with Crippen LogP contribution in [0.1, 0.15) is 49.3 Å². The van der Waals surface area contributed by atoms with Crippen molar-refractivity contribution >= 4 is 23.5 Å². The predicted octanol–water partition coefficient (Wildman–Crippen LogP) is 2.13. The highest BCUT2D eigenvalue weighted by Crippen LogP contribution is 2.25. The Bertz CT molecular complexity index is 1340. The first-order valence-corrected chi connectivity index (χ1v) is 13.8. The van der Waals surface area contributed by atoms with E-state index in [-0.39, 0.29) is 36.5 Å². The van der Waals surface area contributed by atoms with E-state index in [0.29, 0.717) is 31.4 Å². The Hall–Kier alpha value is -4.31. The summed E-state index contributed by atoms with van der Waals surface area (Å²) in [5, 5.41) is 18.6. The second-order valence-electron chi connectivity index (χ2n) is 10.5. The van der Waals surface area contributed by atoms with Gasteiger partial charge in [0.25, 0.3) is 0 Å². The summed E-state index contributed by atoms with van der Waals surface area (Å²) in [5.41, 5.74) is 2.28. The summed E-state index contributed by atoms with van der Waals surface area (Å²) in [6.07, 6.45) is 1.45. The van der Waals surface area contributed by atoms with E-state index < -0.39 is 29.9 Å². The van der Waals surface area contributed by atoms with Crippen molar-refractivity contribution in [2.24, 2.45) is 0 Å². The molecule has 0 bridgehead atoms. The molecule has 10 nitrogen and oxygen atoms in total. The van der Waals surface area contributed by atoms with E-state index >= 15 is 0 Å². The molecule has 2 heterocycles. The first-order valence-electron chi connectivity index (χ1n) is 13.8. The summed E-state index contributed by atoms with van der Waals surface area (Å²) in [6.45, 7) is 3.02.